The number of nitrogens with two attached hydrogens (primary N) is 1. The highest BCUT2D eigenvalue weighted by molar-refractivity contribution is 9.10. The summed E-state index contributed by atoms with van der Waals surface area (Å²) in [5.74, 6) is 0.401. The number of anilines is 1. The SMILES string of the molecule is CCc1nc2cc(-n3ncc(C(=O)c4cc5cc(F)c(Br)cc5[nH]4)c3N)ccc2[nH]1. The average Bonchev–Trinajstić information content (AvgIpc) is 3.43. The van der Waals surface area contributed by atoms with Gasteiger partial charge < -0.3 is 15.7 Å². The first-order valence-corrected chi connectivity index (χ1v) is 10.1. The van der Waals surface area contributed by atoms with Gasteiger partial charge in [0.1, 0.15) is 17.5 Å². The molecule has 0 aliphatic heterocycles. The van der Waals surface area contributed by atoms with E-state index in [4.69, 9.17) is 5.73 Å². The van der Waals surface area contributed by atoms with Crippen molar-refractivity contribution in [1.29, 1.82) is 0 Å². The molecule has 2 aromatic carbocycles. The maximum atomic E-state index is 13.8. The second-order valence-electron chi connectivity index (χ2n) is 6.96. The number of rotatable bonds is 4. The number of ketones is 1. The van der Waals surface area contributed by atoms with Gasteiger partial charge in [-0.3, -0.25) is 4.79 Å². The Bertz CT molecular complexity index is 1410. The van der Waals surface area contributed by atoms with Gasteiger partial charge in [-0.1, -0.05) is 6.92 Å². The Morgan fingerprint density at radius 1 is 1.20 bits per heavy atom. The van der Waals surface area contributed by atoms with Crippen molar-refractivity contribution >= 4 is 49.5 Å². The van der Waals surface area contributed by atoms with Crippen molar-refractivity contribution in [2.45, 2.75) is 13.3 Å². The summed E-state index contributed by atoms with van der Waals surface area (Å²) in [5.41, 5.74) is 9.91. The van der Waals surface area contributed by atoms with Crippen LogP contribution in [-0.2, 0) is 6.42 Å². The Morgan fingerprint density at radius 3 is 2.83 bits per heavy atom. The molecule has 9 heteroatoms. The van der Waals surface area contributed by atoms with Crippen LogP contribution in [0.4, 0.5) is 10.2 Å². The molecule has 150 valence electrons. The van der Waals surface area contributed by atoms with Gasteiger partial charge >= 0.3 is 0 Å². The summed E-state index contributed by atoms with van der Waals surface area (Å²) in [6.07, 6.45) is 2.24. The molecule has 30 heavy (non-hydrogen) atoms. The summed E-state index contributed by atoms with van der Waals surface area (Å²) in [6, 6.07) is 10.2. The van der Waals surface area contributed by atoms with Crippen LogP contribution in [0.3, 0.4) is 0 Å². The predicted molar refractivity (Wildman–Crippen MR) is 116 cm³/mol. The lowest BCUT2D eigenvalue weighted by molar-refractivity contribution is 0.103. The largest absolute Gasteiger partial charge is 0.383 e. The minimum absolute atomic E-state index is 0.219. The summed E-state index contributed by atoms with van der Waals surface area (Å²) in [6.45, 7) is 2.03. The fourth-order valence-electron chi connectivity index (χ4n) is 3.48. The molecule has 0 saturated carbocycles. The number of carbonyl (C=O) groups excluding carboxylic acids is 1. The summed E-state index contributed by atoms with van der Waals surface area (Å²) in [4.78, 5) is 23.8. The number of aromatic amines is 2. The van der Waals surface area contributed by atoms with E-state index in [1.165, 1.54) is 16.9 Å². The number of benzene rings is 2. The maximum Gasteiger partial charge on any atom is 0.214 e. The Hall–Kier alpha value is -3.46. The summed E-state index contributed by atoms with van der Waals surface area (Å²) in [7, 11) is 0. The zero-order chi connectivity index (χ0) is 21.0. The van der Waals surface area contributed by atoms with E-state index in [2.05, 4.69) is 36.0 Å². The molecule has 4 N–H and O–H groups in total. The van der Waals surface area contributed by atoms with Crippen molar-refractivity contribution in [3.05, 3.63) is 70.0 Å². The summed E-state index contributed by atoms with van der Waals surface area (Å²) in [5, 5.41) is 4.90. The van der Waals surface area contributed by atoms with E-state index in [0.29, 0.717) is 26.8 Å². The van der Waals surface area contributed by atoms with Gasteiger partial charge in [-0.25, -0.2) is 14.1 Å². The molecule has 0 fully saturated rings. The van der Waals surface area contributed by atoms with E-state index in [-0.39, 0.29) is 17.2 Å². The topological polar surface area (TPSA) is 105 Å². The van der Waals surface area contributed by atoms with Gasteiger partial charge in [0.15, 0.2) is 0 Å². The first kappa shape index (κ1) is 18.6. The number of aromatic nitrogens is 5. The number of nitrogens with zero attached hydrogens (tertiary/aromatic N) is 3. The molecule has 0 unspecified atom stereocenters. The number of nitrogens with one attached hydrogen (secondary N) is 2. The van der Waals surface area contributed by atoms with E-state index < -0.39 is 5.82 Å². The van der Waals surface area contributed by atoms with Gasteiger partial charge in [-0.05, 0) is 52.3 Å². The Kier molecular flexibility index (Phi) is 4.21. The van der Waals surface area contributed by atoms with Crippen LogP contribution < -0.4 is 5.73 Å². The lowest BCUT2D eigenvalue weighted by Crippen LogP contribution is -2.07. The third kappa shape index (κ3) is 2.89. The highest BCUT2D eigenvalue weighted by atomic mass is 79.9. The number of carbonyl (C=O) groups is 1. The minimum atomic E-state index is -0.396. The van der Waals surface area contributed by atoms with Crippen LogP contribution in [0, 0.1) is 5.82 Å². The Balaban J connectivity index is 1.53. The van der Waals surface area contributed by atoms with Crippen LogP contribution in [0.5, 0.6) is 0 Å². The quantitative estimate of drug-likeness (QED) is 0.339. The molecule has 0 aliphatic carbocycles. The van der Waals surface area contributed by atoms with Gasteiger partial charge in [0.05, 0.1) is 38.6 Å². The van der Waals surface area contributed by atoms with Gasteiger partial charge in [-0.15, -0.1) is 0 Å². The number of H-pyrrole nitrogens is 2. The third-order valence-corrected chi connectivity index (χ3v) is 5.66. The summed E-state index contributed by atoms with van der Waals surface area (Å²) >= 11 is 3.15. The van der Waals surface area contributed by atoms with Gasteiger partial charge in [-0.2, -0.15) is 5.10 Å². The predicted octanol–water partition coefficient (Wildman–Crippen LogP) is 4.51. The molecule has 5 rings (SSSR count). The van der Waals surface area contributed by atoms with Crippen LogP contribution in [0.1, 0.15) is 28.8 Å². The van der Waals surface area contributed by atoms with Gasteiger partial charge in [0, 0.05) is 17.3 Å². The Labute approximate surface area is 178 Å². The fourth-order valence-corrected chi connectivity index (χ4v) is 3.82. The number of fused-ring (bicyclic) bond motifs is 2. The first-order chi connectivity index (χ1) is 14.4. The molecular weight excluding hydrogens is 451 g/mol. The van der Waals surface area contributed by atoms with Crippen molar-refractivity contribution in [2.75, 3.05) is 5.73 Å². The number of halogens is 2. The average molecular weight is 467 g/mol. The zero-order valence-electron chi connectivity index (χ0n) is 15.8. The van der Waals surface area contributed by atoms with Crippen LogP contribution >= 0.6 is 15.9 Å². The zero-order valence-corrected chi connectivity index (χ0v) is 17.4. The minimum Gasteiger partial charge on any atom is -0.383 e. The molecule has 0 bridgehead atoms. The molecule has 0 saturated heterocycles. The van der Waals surface area contributed by atoms with E-state index >= 15 is 0 Å². The fraction of sp³-hybridized carbons (Fsp3) is 0.0952. The second-order valence-corrected chi connectivity index (χ2v) is 7.81. The molecule has 5 aromatic rings. The molecule has 0 spiro atoms. The van der Waals surface area contributed by atoms with E-state index in [0.717, 1.165) is 23.3 Å². The second kappa shape index (κ2) is 6.81. The molecule has 0 aliphatic rings. The molecule has 0 radical (unpaired) electrons. The van der Waals surface area contributed by atoms with Crippen molar-refractivity contribution in [2.24, 2.45) is 0 Å². The van der Waals surface area contributed by atoms with Crippen LogP contribution in [0.25, 0.3) is 27.6 Å². The highest BCUT2D eigenvalue weighted by Crippen LogP contribution is 2.27. The molecular formula is C21H16BrFN6O. The number of hydrogen-bond acceptors (Lipinski definition) is 4. The molecule has 3 aromatic heterocycles. The van der Waals surface area contributed by atoms with Crippen LogP contribution in [0.15, 0.2) is 47.1 Å². The van der Waals surface area contributed by atoms with Gasteiger partial charge in [0.2, 0.25) is 5.78 Å². The van der Waals surface area contributed by atoms with Gasteiger partial charge in [0.25, 0.3) is 0 Å². The molecule has 3 heterocycles. The van der Waals surface area contributed by atoms with E-state index in [1.54, 1.807) is 12.1 Å². The lowest BCUT2D eigenvalue weighted by atomic mass is 10.1. The normalized spacial score (nSPS) is 11.6. The standard InChI is InChI=1S/C21H16BrFN6O/c1-2-19-27-15-4-3-11(7-17(15)28-19)29-21(24)12(9-25-29)20(30)18-6-10-5-14(23)13(22)8-16(10)26-18/h3-9,26H,2,24H2,1H3,(H,27,28). The van der Waals surface area contributed by atoms with Crippen molar-refractivity contribution < 1.29 is 9.18 Å². The van der Waals surface area contributed by atoms with E-state index in [1.807, 2.05) is 25.1 Å². The lowest BCUT2D eigenvalue weighted by Gasteiger charge is -2.05. The van der Waals surface area contributed by atoms with Crippen molar-refractivity contribution in [1.82, 2.24) is 24.7 Å². The van der Waals surface area contributed by atoms with Crippen LogP contribution in [-0.4, -0.2) is 30.5 Å². The Morgan fingerprint density at radius 2 is 2.03 bits per heavy atom. The van der Waals surface area contributed by atoms with Crippen LogP contribution in [0.2, 0.25) is 0 Å². The highest BCUT2D eigenvalue weighted by Gasteiger charge is 2.20. The number of aryl methyl sites for hydroxylation is 1. The van der Waals surface area contributed by atoms with E-state index in [9.17, 15) is 9.18 Å². The molecule has 7 nitrogen and oxygen atoms in total. The number of nitrogen functional groups attached to an aromatic ring is 1. The van der Waals surface area contributed by atoms with Crippen molar-refractivity contribution in [3.8, 4) is 5.69 Å². The molecule has 0 amide bonds. The third-order valence-electron chi connectivity index (χ3n) is 5.05. The smallest absolute Gasteiger partial charge is 0.214 e. The monoisotopic (exact) mass is 466 g/mol. The first-order valence-electron chi connectivity index (χ1n) is 9.29. The number of imidazole rings is 1. The maximum absolute atomic E-state index is 13.8. The molecule has 0 atom stereocenters. The number of hydrogen-bond donors (Lipinski definition) is 3. The van der Waals surface area contributed by atoms with Crippen molar-refractivity contribution in [3.63, 3.8) is 0 Å². The summed E-state index contributed by atoms with van der Waals surface area (Å²) < 4.78 is 15.6.